The van der Waals surface area contributed by atoms with Crippen molar-refractivity contribution in [2.75, 3.05) is 27.9 Å². The van der Waals surface area contributed by atoms with Crippen LogP contribution in [0.3, 0.4) is 0 Å². The van der Waals surface area contributed by atoms with Crippen LogP contribution in [-0.4, -0.2) is 65.3 Å². The van der Waals surface area contributed by atoms with Gasteiger partial charge in [-0.05, 0) is 113 Å². The second kappa shape index (κ2) is 18.6. The Morgan fingerprint density at radius 3 is 2.31 bits per heavy atom. The molecule has 1 aromatic heterocycles. The van der Waals surface area contributed by atoms with Gasteiger partial charge in [0.05, 0.1) is 32.3 Å². The molecule has 3 atom stereocenters. The highest BCUT2D eigenvalue weighted by Gasteiger charge is 2.42. The number of fused-ring (bicyclic) bond motifs is 1. The number of methoxy groups -OCH3 is 2. The molecular formula is C48H53N2O8-. The number of nitrogens with one attached hydrogen (secondary N) is 1. The minimum Gasteiger partial charge on any atom is -0.670 e. The minimum atomic E-state index is -1.59. The number of aromatic hydroxyl groups is 3. The third kappa shape index (κ3) is 9.00. The van der Waals surface area contributed by atoms with Crippen LogP contribution < -0.4 is 19.8 Å². The highest BCUT2D eigenvalue weighted by molar-refractivity contribution is 5.91. The number of ether oxygens (including phenoxy) is 2. The fourth-order valence-corrected chi connectivity index (χ4v) is 8.32. The first-order valence-corrected chi connectivity index (χ1v) is 19.6. The van der Waals surface area contributed by atoms with E-state index in [-0.39, 0.29) is 35.8 Å². The fraction of sp³-hybridized carbons (Fsp3) is 0.312. The lowest BCUT2D eigenvalue weighted by molar-refractivity contribution is -0.129. The lowest BCUT2D eigenvalue weighted by Gasteiger charge is -2.34. The fourth-order valence-electron chi connectivity index (χ4n) is 8.32. The Balaban J connectivity index is 1.41. The molecule has 0 spiro atoms. The number of aromatic nitrogens is 1. The standard InChI is InChI=1S/C48H53N2O8/c1-5-33-11-12-34-8-6-7-9-39(34)40(33)24-41-35(13-15-43(54)47(41)58-4)22-36(18-31-16-17-50-28-31)44(55)25-46(56)48(29-51,26-30-10-14-42(53)45(21-30)57-3)37-19-32(27-49-2)20-38(52)23-37/h6-17,19-21,23,28,36,44,49,51-55H,5,18,22,24-27,29H2,1-4H3/q-1/t36-,44+,48-/m0/s1. The van der Waals surface area contributed by atoms with Gasteiger partial charge in [-0.1, -0.05) is 73.2 Å². The molecule has 0 aliphatic carbocycles. The molecule has 5 aromatic carbocycles. The molecule has 6 aromatic rings. The molecule has 304 valence electrons. The molecule has 0 aliphatic rings. The molecule has 0 radical (unpaired) electrons. The minimum absolute atomic E-state index is 0.00429. The van der Waals surface area contributed by atoms with Crippen molar-refractivity contribution in [2.45, 2.75) is 63.5 Å². The summed E-state index contributed by atoms with van der Waals surface area (Å²) in [5.41, 5.74) is 4.96. The number of hydrogen-bond acceptors (Lipinski definition) is 9. The lowest BCUT2D eigenvalue weighted by atomic mass is 9.70. The van der Waals surface area contributed by atoms with Crippen molar-refractivity contribution in [3.05, 3.63) is 148 Å². The Bertz CT molecular complexity index is 2340. The lowest BCUT2D eigenvalue weighted by Crippen LogP contribution is -2.44. The van der Waals surface area contributed by atoms with Gasteiger partial charge in [0.1, 0.15) is 11.5 Å². The van der Waals surface area contributed by atoms with Crippen LogP contribution in [0.2, 0.25) is 0 Å². The summed E-state index contributed by atoms with van der Waals surface area (Å²) in [5, 5.41) is 61.1. The van der Waals surface area contributed by atoms with Gasteiger partial charge >= 0.3 is 0 Å². The largest absolute Gasteiger partial charge is 0.670 e. The Labute approximate surface area is 339 Å². The number of hydrogen-bond donors (Lipinski definition) is 6. The summed E-state index contributed by atoms with van der Waals surface area (Å²) in [7, 11) is 4.74. The molecule has 6 N–H and O–H groups in total. The normalized spacial score (nSPS) is 13.6. The SMILES string of the molecule is CCc1ccc2ccccc2c1Cc1c(C[C@H](Cc2cc[n-]c2)[C@H](O)CC(=O)[C@](CO)(Cc2ccc(O)c(OC)c2)c2cc(O)cc(CNC)c2)ccc(O)c1OC. The molecule has 1 heterocycles. The number of aliphatic hydroxyl groups is 2. The van der Waals surface area contributed by atoms with Gasteiger partial charge in [0, 0.05) is 24.9 Å². The van der Waals surface area contributed by atoms with E-state index < -0.39 is 29.8 Å². The summed E-state index contributed by atoms with van der Waals surface area (Å²) in [6, 6.07) is 27.5. The molecule has 0 saturated carbocycles. The molecule has 6 rings (SSSR count). The van der Waals surface area contributed by atoms with E-state index in [1.807, 2.05) is 24.3 Å². The number of aliphatic hydroxyl groups excluding tert-OH is 2. The third-order valence-electron chi connectivity index (χ3n) is 11.4. The van der Waals surface area contributed by atoms with Crippen LogP contribution in [0.25, 0.3) is 10.8 Å². The van der Waals surface area contributed by atoms with Gasteiger partial charge in [-0.2, -0.15) is 12.4 Å². The van der Waals surface area contributed by atoms with Crippen LogP contribution in [-0.2, 0) is 48.9 Å². The van der Waals surface area contributed by atoms with Crippen LogP contribution in [0.4, 0.5) is 0 Å². The summed E-state index contributed by atoms with van der Waals surface area (Å²) >= 11 is 0. The molecule has 0 saturated heterocycles. The number of benzene rings is 5. The molecule has 0 bridgehead atoms. The first-order chi connectivity index (χ1) is 28.0. The maximum atomic E-state index is 15.0. The monoisotopic (exact) mass is 785 g/mol. The third-order valence-corrected chi connectivity index (χ3v) is 11.4. The number of ketones is 1. The van der Waals surface area contributed by atoms with E-state index in [2.05, 4.69) is 41.5 Å². The van der Waals surface area contributed by atoms with Crippen LogP contribution in [0.1, 0.15) is 57.9 Å². The molecular weight excluding hydrogens is 733 g/mol. The zero-order valence-electron chi connectivity index (χ0n) is 33.5. The number of nitrogens with zero attached hydrogens (tertiary/aromatic N) is 1. The van der Waals surface area contributed by atoms with Gasteiger partial charge in [-0.3, -0.25) is 4.79 Å². The summed E-state index contributed by atoms with van der Waals surface area (Å²) in [5.74, 6) is -0.489. The maximum Gasteiger partial charge on any atom is 0.164 e. The van der Waals surface area contributed by atoms with Crippen molar-refractivity contribution in [3.63, 3.8) is 0 Å². The van der Waals surface area contributed by atoms with Crippen molar-refractivity contribution in [2.24, 2.45) is 5.92 Å². The second-order valence-electron chi connectivity index (χ2n) is 15.1. The van der Waals surface area contributed by atoms with Crippen molar-refractivity contribution < 1.29 is 39.8 Å². The average molecular weight is 786 g/mol. The Morgan fingerprint density at radius 1 is 0.828 bits per heavy atom. The van der Waals surface area contributed by atoms with Crippen molar-refractivity contribution in [1.82, 2.24) is 10.3 Å². The predicted molar refractivity (Wildman–Crippen MR) is 225 cm³/mol. The molecule has 0 amide bonds. The van der Waals surface area contributed by atoms with E-state index in [0.717, 1.165) is 39.4 Å². The molecule has 0 fully saturated rings. The molecule has 58 heavy (non-hydrogen) atoms. The van der Waals surface area contributed by atoms with Crippen molar-refractivity contribution >= 4 is 16.6 Å². The molecule has 0 aliphatic heterocycles. The van der Waals surface area contributed by atoms with E-state index in [0.29, 0.717) is 48.2 Å². The zero-order valence-corrected chi connectivity index (χ0v) is 33.5. The van der Waals surface area contributed by atoms with E-state index >= 15 is 0 Å². The number of phenolic OH excluding ortho intramolecular Hbond substituents is 3. The smallest absolute Gasteiger partial charge is 0.164 e. The summed E-state index contributed by atoms with van der Waals surface area (Å²) in [6.45, 7) is 1.90. The average Bonchev–Trinajstić information content (AvgIpc) is 3.74. The van der Waals surface area contributed by atoms with Gasteiger partial charge < -0.3 is 45.3 Å². The van der Waals surface area contributed by atoms with E-state index in [1.54, 1.807) is 49.8 Å². The molecule has 0 unspecified atom stereocenters. The highest BCUT2D eigenvalue weighted by atomic mass is 16.5. The second-order valence-corrected chi connectivity index (χ2v) is 15.1. The predicted octanol–water partition coefficient (Wildman–Crippen LogP) is 6.70. The number of aryl methyl sites for hydroxylation is 1. The summed E-state index contributed by atoms with van der Waals surface area (Å²) < 4.78 is 11.2. The van der Waals surface area contributed by atoms with Gasteiger partial charge in [-0.15, -0.1) is 0 Å². The van der Waals surface area contributed by atoms with E-state index in [1.165, 1.54) is 31.9 Å². The first-order valence-electron chi connectivity index (χ1n) is 19.6. The molecule has 10 nitrogen and oxygen atoms in total. The summed E-state index contributed by atoms with van der Waals surface area (Å²) in [6.07, 6.45) is 3.93. The highest BCUT2D eigenvalue weighted by Crippen LogP contribution is 2.40. The van der Waals surface area contributed by atoms with E-state index in [9.17, 15) is 30.3 Å². The number of rotatable bonds is 19. The Hall–Kier alpha value is -5.81. The Morgan fingerprint density at radius 2 is 1.60 bits per heavy atom. The van der Waals surface area contributed by atoms with Crippen molar-refractivity contribution in [3.8, 4) is 28.7 Å². The van der Waals surface area contributed by atoms with Crippen LogP contribution in [0.15, 0.2) is 103 Å². The Kier molecular flexibility index (Phi) is 13.4. The van der Waals surface area contributed by atoms with Crippen molar-refractivity contribution in [1.29, 1.82) is 0 Å². The van der Waals surface area contributed by atoms with E-state index in [4.69, 9.17) is 9.47 Å². The molecule has 10 heteroatoms. The summed E-state index contributed by atoms with van der Waals surface area (Å²) in [4.78, 5) is 19.2. The van der Waals surface area contributed by atoms with Gasteiger partial charge in [0.25, 0.3) is 0 Å². The van der Waals surface area contributed by atoms with Gasteiger partial charge in [-0.25, -0.2) is 0 Å². The zero-order chi connectivity index (χ0) is 41.4. The van der Waals surface area contributed by atoms with Gasteiger partial charge in [0.15, 0.2) is 23.0 Å². The van der Waals surface area contributed by atoms with Gasteiger partial charge in [0.2, 0.25) is 0 Å². The quantitative estimate of drug-likeness (QED) is 0.0522. The number of carbonyl (C=O) groups is 1. The number of phenols is 3. The number of carbonyl (C=O) groups excluding carboxylic acids is 1. The van der Waals surface area contributed by atoms with Crippen LogP contribution in [0, 0.1) is 5.92 Å². The maximum absolute atomic E-state index is 15.0. The number of Topliss-reactive ketones (excluding diaryl/α,β-unsaturated/α-hetero) is 1. The van der Waals surface area contributed by atoms with Crippen LogP contribution >= 0.6 is 0 Å². The topological polar surface area (TPSA) is 163 Å². The van der Waals surface area contributed by atoms with Crippen LogP contribution in [0.5, 0.6) is 28.7 Å². The first kappa shape index (κ1) is 41.8.